The number of ether oxygens (including phenoxy) is 2. The predicted molar refractivity (Wildman–Crippen MR) is 85.0 cm³/mol. The topological polar surface area (TPSA) is 38.7 Å². The van der Waals surface area contributed by atoms with Crippen LogP contribution in [0, 0.1) is 0 Å². The average molecular weight is 370 g/mol. The summed E-state index contributed by atoms with van der Waals surface area (Å²) in [5, 5.41) is 9.57. The minimum atomic E-state index is -0.0347. The van der Waals surface area contributed by atoms with Gasteiger partial charge in [-0.25, -0.2) is 0 Å². The fourth-order valence-corrected chi connectivity index (χ4v) is 3.18. The molecule has 0 spiro atoms. The molecule has 1 aliphatic rings. The highest BCUT2D eigenvalue weighted by atomic mass is 79.9. The van der Waals surface area contributed by atoms with Crippen LogP contribution in [-0.2, 0) is 19.6 Å². The molecule has 0 fully saturated rings. The Morgan fingerprint density at radius 2 is 2.14 bits per heavy atom. The molecule has 3 rings (SSSR count). The normalized spacial score (nSPS) is 12.9. The molecule has 0 atom stereocenters. The van der Waals surface area contributed by atoms with Crippen molar-refractivity contribution in [2.75, 3.05) is 6.61 Å². The van der Waals surface area contributed by atoms with Gasteiger partial charge in [0.15, 0.2) is 0 Å². The van der Waals surface area contributed by atoms with E-state index < -0.39 is 0 Å². The number of hydrogen-bond donors (Lipinski definition) is 1. The Morgan fingerprint density at radius 1 is 1.29 bits per heavy atom. The summed E-state index contributed by atoms with van der Waals surface area (Å²) in [7, 11) is 0. The van der Waals surface area contributed by atoms with E-state index in [1.54, 1.807) is 18.2 Å². The molecule has 21 heavy (non-hydrogen) atoms. The second-order valence-electron chi connectivity index (χ2n) is 4.86. The number of aliphatic hydroxyl groups excluding tert-OH is 1. The summed E-state index contributed by atoms with van der Waals surface area (Å²) < 4.78 is 12.5. The van der Waals surface area contributed by atoms with E-state index in [9.17, 15) is 0 Å². The van der Waals surface area contributed by atoms with Gasteiger partial charge in [0.05, 0.1) is 18.2 Å². The van der Waals surface area contributed by atoms with Gasteiger partial charge in [0.1, 0.15) is 18.1 Å². The highest BCUT2D eigenvalue weighted by molar-refractivity contribution is 9.10. The van der Waals surface area contributed by atoms with Crippen LogP contribution >= 0.6 is 27.5 Å². The lowest BCUT2D eigenvalue weighted by Gasteiger charge is -2.12. The smallest absolute Gasteiger partial charge is 0.138 e. The molecule has 0 bridgehead atoms. The zero-order chi connectivity index (χ0) is 14.8. The summed E-state index contributed by atoms with van der Waals surface area (Å²) in [5.41, 5.74) is 2.96. The van der Waals surface area contributed by atoms with Crippen LogP contribution < -0.4 is 9.47 Å². The van der Waals surface area contributed by atoms with E-state index in [4.69, 9.17) is 26.2 Å². The van der Waals surface area contributed by atoms with E-state index >= 15 is 0 Å². The van der Waals surface area contributed by atoms with Crippen LogP contribution in [0.25, 0.3) is 0 Å². The second kappa shape index (κ2) is 6.26. The zero-order valence-corrected chi connectivity index (χ0v) is 13.6. The zero-order valence-electron chi connectivity index (χ0n) is 11.2. The van der Waals surface area contributed by atoms with Crippen molar-refractivity contribution in [3.63, 3.8) is 0 Å². The highest BCUT2D eigenvalue weighted by Gasteiger charge is 2.18. The molecular weight excluding hydrogens is 356 g/mol. The highest BCUT2D eigenvalue weighted by Crippen LogP contribution is 2.34. The molecule has 0 aliphatic carbocycles. The molecule has 3 nitrogen and oxygen atoms in total. The Kier molecular flexibility index (Phi) is 4.38. The van der Waals surface area contributed by atoms with E-state index in [2.05, 4.69) is 22.0 Å². The third-order valence-corrected chi connectivity index (χ3v) is 4.14. The number of aliphatic hydroxyl groups is 1. The Balaban J connectivity index is 1.79. The maximum Gasteiger partial charge on any atom is 0.138 e. The van der Waals surface area contributed by atoms with Crippen LogP contribution in [-0.4, -0.2) is 11.7 Å². The summed E-state index contributed by atoms with van der Waals surface area (Å²) in [6.45, 7) is 1.07. The van der Waals surface area contributed by atoms with Crippen molar-refractivity contribution in [2.45, 2.75) is 19.6 Å². The molecule has 0 aromatic heterocycles. The van der Waals surface area contributed by atoms with Gasteiger partial charge in [0.25, 0.3) is 0 Å². The van der Waals surface area contributed by atoms with Gasteiger partial charge in [0.2, 0.25) is 0 Å². The van der Waals surface area contributed by atoms with Gasteiger partial charge in [-0.15, -0.1) is 0 Å². The second-order valence-corrected chi connectivity index (χ2v) is 6.19. The molecule has 0 saturated carbocycles. The Morgan fingerprint density at radius 3 is 2.90 bits per heavy atom. The maximum absolute atomic E-state index is 9.08. The summed E-state index contributed by atoms with van der Waals surface area (Å²) >= 11 is 9.66. The van der Waals surface area contributed by atoms with Gasteiger partial charge in [-0.3, -0.25) is 0 Å². The maximum atomic E-state index is 9.08. The fraction of sp³-hybridized carbons (Fsp3) is 0.250. The number of rotatable bonds is 4. The first-order valence-corrected chi connectivity index (χ1v) is 7.80. The monoisotopic (exact) mass is 368 g/mol. The van der Waals surface area contributed by atoms with Crippen molar-refractivity contribution in [3.8, 4) is 11.5 Å². The molecular formula is C16H14BrClO3. The van der Waals surface area contributed by atoms with E-state index in [0.29, 0.717) is 24.0 Å². The summed E-state index contributed by atoms with van der Waals surface area (Å²) in [6, 6.07) is 9.35. The molecule has 0 saturated heterocycles. The summed E-state index contributed by atoms with van der Waals surface area (Å²) in [5.74, 6) is 1.52. The lowest BCUT2D eigenvalue weighted by molar-refractivity contribution is 0.280. The molecule has 5 heteroatoms. The molecule has 1 aliphatic heterocycles. The Labute approximate surface area is 136 Å². The van der Waals surface area contributed by atoms with E-state index in [1.165, 1.54) is 5.56 Å². The minimum Gasteiger partial charge on any atom is -0.493 e. The Bertz CT molecular complexity index is 673. The van der Waals surface area contributed by atoms with Crippen LogP contribution in [0.1, 0.15) is 16.7 Å². The average Bonchev–Trinajstić information content (AvgIpc) is 2.93. The first-order chi connectivity index (χ1) is 10.2. The molecule has 2 aromatic carbocycles. The van der Waals surface area contributed by atoms with E-state index in [1.807, 2.05) is 6.07 Å². The molecule has 110 valence electrons. The Hall–Kier alpha value is -1.23. The van der Waals surface area contributed by atoms with Gasteiger partial charge in [0, 0.05) is 16.5 Å². The fourth-order valence-electron chi connectivity index (χ4n) is 2.37. The van der Waals surface area contributed by atoms with Crippen LogP contribution in [0.3, 0.4) is 0 Å². The molecule has 0 amide bonds. The van der Waals surface area contributed by atoms with Gasteiger partial charge < -0.3 is 14.6 Å². The van der Waals surface area contributed by atoms with Crippen molar-refractivity contribution in [1.29, 1.82) is 0 Å². The van der Waals surface area contributed by atoms with Gasteiger partial charge in [-0.1, -0.05) is 33.6 Å². The van der Waals surface area contributed by atoms with Gasteiger partial charge >= 0.3 is 0 Å². The van der Waals surface area contributed by atoms with Crippen molar-refractivity contribution in [1.82, 2.24) is 0 Å². The van der Waals surface area contributed by atoms with Crippen LogP contribution in [0.2, 0.25) is 5.02 Å². The number of hydrogen-bond acceptors (Lipinski definition) is 3. The lowest BCUT2D eigenvalue weighted by atomic mass is 10.1. The SMILES string of the molecule is OCc1ccc(OCc2cc(Br)cc3c2OCC3)c(Cl)c1. The number of fused-ring (bicyclic) bond motifs is 1. The van der Waals surface area contributed by atoms with Crippen LogP contribution in [0.5, 0.6) is 11.5 Å². The summed E-state index contributed by atoms with van der Waals surface area (Å²) in [4.78, 5) is 0. The van der Waals surface area contributed by atoms with E-state index in [-0.39, 0.29) is 6.61 Å². The van der Waals surface area contributed by atoms with Crippen molar-refractivity contribution in [3.05, 3.63) is 56.5 Å². The van der Waals surface area contributed by atoms with Crippen molar-refractivity contribution >= 4 is 27.5 Å². The predicted octanol–water partition coefficient (Wildman–Crippen LogP) is 4.11. The molecule has 0 radical (unpaired) electrons. The first-order valence-electron chi connectivity index (χ1n) is 6.63. The van der Waals surface area contributed by atoms with Crippen molar-refractivity contribution in [2.24, 2.45) is 0 Å². The minimum absolute atomic E-state index is 0.0347. The third-order valence-electron chi connectivity index (χ3n) is 3.39. The van der Waals surface area contributed by atoms with Crippen LogP contribution in [0.4, 0.5) is 0 Å². The summed E-state index contributed by atoms with van der Waals surface area (Å²) in [6.07, 6.45) is 0.924. The van der Waals surface area contributed by atoms with Gasteiger partial charge in [-0.05, 0) is 35.4 Å². The van der Waals surface area contributed by atoms with Gasteiger partial charge in [-0.2, -0.15) is 0 Å². The standard InChI is InChI=1S/C16H14BrClO3/c17-13-6-11-3-4-20-16(11)12(7-13)9-21-15-2-1-10(8-19)5-14(15)18/h1-2,5-7,19H,3-4,8-9H2. The third kappa shape index (κ3) is 3.18. The quantitative estimate of drug-likeness (QED) is 0.881. The molecule has 1 heterocycles. The number of halogens is 2. The first kappa shape index (κ1) is 14.7. The molecule has 2 aromatic rings. The lowest BCUT2D eigenvalue weighted by Crippen LogP contribution is -1.99. The van der Waals surface area contributed by atoms with E-state index in [0.717, 1.165) is 27.8 Å². The van der Waals surface area contributed by atoms with Crippen LogP contribution in [0.15, 0.2) is 34.8 Å². The molecule has 0 unspecified atom stereocenters. The van der Waals surface area contributed by atoms with Crippen molar-refractivity contribution < 1.29 is 14.6 Å². The number of benzene rings is 2. The largest absolute Gasteiger partial charge is 0.493 e. The molecule has 1 N–H and O–H groups in total.